The lowest BCUT2D eigenvalue weighted by atomic mass is 9.96. The summed E-state index contributed by atoms with van der Waals surface area (Å²) in [6, 6.07) is 0. The number of nitrogens with two attached hydrogens (primary N) is 2. The van der Waals surface area contributed by atoms with Crippen LogP contribution in [-0.2, 0) is 19.2 Å². The molecule has 0 aromatic rings. The van der Waals surface area contributed by atoms with Crippen LogP contribution in [0.2, 0.25) is 0 Å². The molecule has 0 aliphatic rings. The number of unbranched alkanes of at least 4 members (excludes halogenated alkanes) is 31. The van der Waals surface area contributed by atoms with E-state index >= 15 is 0 Å². The van der Waals surface area contributed by atoms with Crippen LogP contribution in [0.25, 0.3) is 0 Å². The first-order chi connectivity index (χ1) is 28.4. The fourth-order valence-electron chi connectivity index (χ4n) is 8.27. The molecule has 0 spiro atoms. The van der Waals surface area contributed by atoms with Gasteiger partial charge in [0.15, 0.2) is 0 Å². The second-order valence-corrected chi connectivity index (χ2v) is 17.8. The molecule has 8 nitrogen and oxygen atoms in total. The number of nitrogens with one attached hydrogen (secondary N) is 2. The van der Waals surface area contributed by atoms with Crippen molar-refractivity contribution in [3.63, 3.8) is 0 Å². The van der Waals surface area contributed by atoms with Gasteiger partial charge in [-0.3, -0.25) is 29.8 Å². The minimum Gasteiger partial charge on any atom is -0.330 e. The summed E-state index contributed by atoms with van der Waals surface area (Å²) in [7, 11) is 0. The van der Waals surface area contributed by atoms with Gasteiger partial charge in [0.2, 0.25) is 23.6 Å². The highest BCUT2D eigenvalue weighted by Crippen LogP contribution is 2.19. The lowest BCUT2D eigenvalue weighted by Crippen LogP contribution is -2.36. The minimum absolute atomic E-state index is 0.161. The maximum atomic E-state index is 12.8. The van der Waals surface area contributed by atoms with Gasteiger partial charge >= 0.3 is 0 Å². The standard InChI is InChI=1S/C50H98N4O4/c1-3-5-7-9-11-13-15-17-19-21-23-25-29-33-37-45(41-43-51)49(57)53-47(55)39-35-31-27-28-32-36-40-48(56)54-50(58)46(42-44-52)38-34-30-26-24-22-20-18-16-14-12-10-8-6-4-2/h45-46H,3-44,51-52H2,1-2H3,(H,53,55,57)(H,54,56,58). The third-order valence-corrected chi connectivity index (χ3v) is 12.2. The van der Waals surface area contributed by atoms with Gasteiger partial charge in [0.25, 0.3) is 0 Å². The Morgan fingerprint density at radius 3 is 0.793 bits per heavy atom. The van der Waals surface area contributed by atoms with E-state index in [9.17, 15) is 19.2 Å². The predicted octanol–water partition coefficient (Wildman–Crippen LogP) is 13.1. The quantitative estimate of drug-likeness (QED) is 0.0450. The number of amides is 4. The summed E-state index contributed by atoms with van der Waals surface area (Å²) in [5.74, 6) is -1.06. The molecule has 0 aliphatic heterocycles. The van der Waals surface area contributed by atoms with Crippen molar-refractivity contribution in [2.24, 2.45) is 23.3 Å². The van der Waals surface area contributed by atoms with Gasteiger partial charge in [0.1, 0.15) is 0 Å². The van der Waals surface area contributed by atoms with E-state index < -0.39 is 0 Å². The van der Waals surface area contributed by atoms with Gasteiger partial charge < -0.3 is 11.5 Å². The normalized spacial score (nSPS) is 12.4. The van der Waals surface area contributed by atoms with E-state index in [-0.39, 0.29) is 35.5 Å². The topological polar surface area (TPSA) is 144 Å². The first-order valence-electron chi connectivity index (χ1n) is 25.5. The predicted molar refractivity (Wildman–Crippen MR) is 247 cm³/mol. The Kier molecular flexibility index (Phi) is 43.4. The number of hydrogen-bond donors (Lipinski definition) is 4. The van der Waals surface area contributed by atoms with Crippen molar-refractivity contribution < 1.29 is 19.2 Å². The molecule has 0 aromatic carbocycles. The van der Waals surface area contributed by atoms with E-state index in [1.807, 2.05) is 0 Å². The molecule has 0 bridgehead atoms. The second-order valence-electron chi connectivity index (χ2n) is 17.8. The fourth-order valence-corrected chi connectivity index (χ4v) is 8.27. The van der Waals surface area contributed by atoms with Crippen LogP contribution in [0.3, 0.4) is 0 Å². The van der Waals surface area contributed by atoms with Gasteiger partial charge in [-0.1, -0.05) is 219 Å². The van der Waals surface area contributed by atoms with Gasteiger partial charge in [0, 0.05) is 24.7 Å². The molecule has 0 aromatic heterocycles. The Morgan fingerprint density at radius 2 is 0.552 bits per heavy atom. The zero-order valence-corrected chi connectivity index (χ0v) is 38.6. The van der Waals surface area contributed by atoms with Gasteiger partial charge in [-0.05, 0) is 51.6 Å². The highest BCUT2D eigenvalue weighted by molar-refractivity contribution is 5.96. The van der Waals surface area contributed by atoms with E-state index in [4.69, 9.17) is 11.5 Å². The molecule has 0 heterocycles. The van der Waals surface area contributed by atoms with Crippen LogP contribution in [0, 0.1) is 11.8 Å². The lowest BCUT2D eigenvalue weighted by molar-refractivity contribution is -0.134. The van der Waals surface area contributed by atoms with Gasteiger partial charge in [0.05, 0.1) is 0 Å². The highest BCUT2D eigenvalue weighted by atomic mass is 16.2. The first-order valence-corrected chi connectivity index (χ1v) is 25.5. The van der Waals surface area contributed by atoms with Crippen molar-refractivity contribution in [2.45, 2.75) is 271 Å². The lowest BCUT2D eigenvalue weighted by Gasteiger charge is -2.15. The summed E-state index contributed by atoms with van der Waals surface area (Å²) in [6.45, 7) is 5.45. The van der Waals surface area contributed by atoms with Crippen molar-refractivity contribution in [2.75, 3.05) is 13.1 Å². The Labute approximate surface area is 359 Å². The Hall–Kier alpha value is -1.80. The summed E-state index contributed by atoms with van der Waals surface area (Å²) in [5.41, 5.74) is 11.6. The van der Waals surface area contributed by atoms with Crippen LogP contribution < -0.4 is 22.1 Å². The Bertz CT molecular complexity index is 871. The number of imide groups is 2. The maximum absolute atomic E-state index is 12.8. The average Bonchev–Trinajstić information content (AvgIpc) is 3.21. The molecule has 0 saturated carbocycles. The molecule has 342 valence electrons. The van der Waals surface area contributed by atoms with Crippen LogP contribution >= 0.6 is 0 Å². The molecule has 2 atom stereocenters. The first kappa shape index (κ1) is 56.2. The largest absolute Gasteiger partial charge is 0.330 e. The molecule has 58 heavy (non-hydrogen) atoms. The average molecular weight is 819 g/mol. The van der Waals surface area contributed by atoms with Crippen LogP contribution in [0.4, 0.5) is 0 Å². The zero-order valence-electron chi connectivity index (χ0n) is 38.6. The summed E-state index contributed by atoms with van der Waals surface area (Å²) in [6.07, 6.45) is 45.5. The zero-order chi connectivity index (χ0) is 42.6. The molecule has 0 saturated heterocycles. The smallest absolute Gasteiger partial charge is 0.229 e. The molecular weight excluding hydrogens is 721 g/mol. The molecule has 0 rings (SSSR count). The maximum Gasteiger partial charge on any atom is 0.229 e. The fraction of sp³-hybridized carbons (Fsp3) is 0.920. The summed E-state index contributed by atoms with van der Waals surface area (Å²) < 4.78 is 0. The van der Waals surface area contributed by atoms with Gasteiger partial charge in [-0.15, -0.1) is 0 Å². The Balaban J connectivity index is 3.89. The minimum atomic E-state index is -0.188. The summed E-state index contributed by atoms with van der Waals surface area (Å²) in [4.78, 5) is 50.6. The van der Waals surface area contributed by atoms with Crippen molar-refractivity contribution in [3.8, 4) is 0 Å². The summed E-state index contributed by atoms with van der Waals surface area (Å²) in [5, 5.41) is 5.28. The highest BCUT2D eigenvalue weighted by Gasteiger charge is 2.20. The summed E-state index contributed by atoms with van der Waals surface area (Å²) >= 11 is 0. The number of rotatable bonds is 45. The van der Waals surface area contributed by atoms with Gasteiger partial charge in [-0.25, -0.2) is 0 Å². The van der Waals surface area contributed by atoms with Gasteiger partial charge in [-0.2, -0.15) is 0 Å². The van der Waals surface area contributed by atoms with Crippen molar-refractivity contribution in [1.82, 2.24) is 10.6 Å². The van der Waals surface area contributed by atoms with E-state index in [1.165, 1.54) is 154 Å². The monoisotopic (exact) mass is 819 g/mol. The van der Waals surface area contributed by atoms with E-state index in [0.29, 0.717) is 38.8 Å². The number of carbonyl (C=O) groups excluding carboxylic acids is 4. The molecule has 0 aliphatic carbocycles. The third-order valence-electron chi connectivity index (χ3n) is 12.2. The SMILES string of the molecule is CCCCCCCCCCCCCCCCC(CCN)C(=O)NC(=O)CCCCCCCCC(=O)NC(=O)C(CCN)CCCCCCCCCCCCCCCC. The van der Waals surface area contributed by atoms with Crippen molar-refractivity contribution in [3.05, 3.63) is 0 Å². The number of carbonyl (C=O) groups is 4. The van der Waals surface area contributed by atoms with E-state index in [1.54, 1.807) is 0 Å². The third kappa shape index (κ3) is 38.4. The molecular formula is C50H98N4O4. The molecule has 8 heteroatoms. The van der Waals surface area contributed by atoms with Crippen LogP contribution in [-0.4, -0.2) is 36.7 Å². The Morgan fingerprint density at radius 1 is 0.328 bits per heavy atom. The van der Waals surface area contributed by atoms with Crippen LogP contribution in [0.5, 0.6) is 0 Å². The van der Waals surface area contributed by atoms with Crippen molar-refractivity contribution in [1.29, 1.82) is 0 Å². The molecule has 2 unspecified atom stereocenters. The molecule has 0 radical (unpaired) electrons. The van der Waals surface area contributed by atoms with E-state index in [2.05, 4.69) is 24.5 Å². The number of hydrogen-bond acceptors (Lipinski definition) is 6. The second kappa shape index (κ2) is 44.7. The molecule has 6 N–H and O–H groups in total. The molecule has 4 amide bonds. The van der Waals surface area contributed by atoms with Crippen LogP contribution in [0.15, 0.2) is 0 Å². The van der Waals surface area contributed by atoms with E-state index in [0.717, 1.165) is 77.0 Å². The van der Waals surface area contributed by atoms with Crippen molar-refractivity contribution >= 4 is 23.6 Å². The molecule has 0 fully saturated rings. The van der Waals surface area contributed by atoms with Crippen LogP contribution in [0.1, 0.15) is 271 Å².